The molecule has 3 aromatic rings. The van der Waals surface area contributed by atoms with Crippen molar-refractivity contribution in [2.75, 3.05) is 12.4 Å². The van der Waals surface area contributed by atoms with Crippen LogP contribution in [-0.4, -0.2) is 13.0 Å². The van der Waals surface area contributed by atoms with E-state index in [9.17, 15) is 4.79 Å². The summed E-state index contributed by atoms with van der Waals surface area (Å²) in [7, 11) is 1.56. The molecule has 0 aliphatic carbocycles. The number of hydrogen-bond donors (Lipinski definition) is 1. The second kappa shape index (κ2) is 8.73. The SMILES string of the molecule is COc1cc(C(=O)Nc2cccc(Br)c2)ccc1OCc1ccc(C)cc1. The lowest BCUT2D eigenvalue weighted by Gasteiger charge is -2.13. The predicted molar refractivity (Wildman–Crippen MR) is 111 cm³/mol. The lowest BCUT2D eigenvalue weighted by Crippen LogP contribution is -2.12. The Morgan fingerprint density at radius 1 is 1.00 bits per heavy atom. The van der Waals surface area contributed by atoms with Crippen molar-refractivity contribution in [3.63, 3.8) is 0 Å². The Bertz CT molecular complexity index is 939. The highest BCUT2D eigenvalue weighted by atomic mass is 79.9. The van der Waals surface area contributed by atoms with Gasteiger partial charge in [0, 0.05) is 15.7 Å². The number of nitrogens with one attached hydrogen (secondary N) is 1. The summed E-state index contributed by atoms with van der Waals surface area (Å²) in [6.45, 7) is 2.48. The number of amides is 1. The second-order valence-corrected chi connectivity index (χ2v) is 7.02. The van der Waals surface area contributed by atoms with Crippen LogP contribution in [0.3, 0.4) is 0 Å². The van der Waals surface area contributed by atoms with Gasteiger partial charge in [0.15, 0.2) is 11.5 Å². The minimum absolute atomic E-state index is 0.212. The third-order valence-corrected chi connectivity index (χ3v) is 4.52. The number of anilines is 1. The van der Waals surface area contributed by atoms with Crippen LogP contribution >= 0.6 is 15.9 Å². The van der Waals surface area contributed by atoms with Crippen LogP contribution in [0.15, 0.2) is 71.2 Å². The normalized spacial score (nSPS) is 10.3. The summed E-state index contributed by atoms with van der Waals surface area (Å²) >= 11 is 3.39. The summed E-state index contributed by atoms with van der Waals surface area (Å²) in [6.07, 6.45) is 0. The van der Waals surface area contributed by atoms with Gasteiger partial charge in [0.2, 0.25) is 0 Å². The highest BCUT2D eigenvalue weighted by Gasteiger charge is 2.12. The lowest BCUT2D eigenvalue weighted by atomic mass is 10.1. The number of carbonyl (C=O) groups excluding carboxylic acids is 1. The van der Waals surface area contributed by atoms with Crippen LogP contribution in [0.25, 0.3) is 0 Å². The summed E-state index contributed by atoms with van der Waals surface area (Å²) < 4.78 is 12.2. The molecule has 0 aliphatic rings. The molecule has 0 aromatic heterocycles. The first-order valence-corrected chi connectivity index (χ1v) is 9.28. The van der Waals surface area contributed by atoms with Gasteiger partial charge in [0.25, 0.3) is 5.91 Å². The Morgan fingerprint density at radius 3 is 2.48 bits per heavy atom. The Hall–Kier alpha value is -2.79. The number of ether oxygens (including phenoxy) is 2. The van der Waals surface area contributed by atoms with Crippen LogP contribution in [0, 0.1) is 6.92 Å². The van der Waals surface area contributed by atoms with E-state index in [2.05, 4.69) is 21.2 Å². The molecule has 0 heterocycles. The molecule has 5 heteroatoms. The van der Waals surface area contributed by atoms with Gasteiger partial charge < -0.3 is 14.8 Å². The van der Waals surface area contributed by atoms with Crippen LogP contribution in [0.1, 0.15) is 21.5 Å². The highest BCUT2D eigenvalue weighted by molar-refractivity contribution is 9.10. The first-order chi connectivity index (χ1) is 13.0. The Balaban J connectivity index is 1.71. The van der Waals surface area contributed by atoms with E-state index in [0.717, 1.165) is 10.0 Å². The van der Waals surface area contributed by atoms with Gasteiger partial charge in [0.05, 0.1) is 7.11 Å². The van der Waals surface area contributed by atoms with E-state index in [1.54, 1.807) is 25.3 Å². The third kappa shape index (κ3) is 5.11. The smallest absolute Gasteiger partial charge is 0.255 e. The van der Waals surface area contributed by atoms with Crippen molar-refractivity contribution in [3.05, 3.63) is 87.9 Å². The number of aryl methyl sites for hydroxylation is 1. The fraction of sp³-hybridized carbons (Fsp3) is 0.136. The number of rotatable bonds is 6. The van der Waals surface area contributed by atoms with E-state index in [1.165, 1.54) is 5.56 Å². The molecule has 0 radical (unpaired) electrons. The van der Waals surface area contributed by atoms with Crippen molar-refractivity contribution in [2.24, 2.45) is 0 Å². The molecule has 4 nitrogen and oxygen atoms in total. The number of carbonyl (C=O) groups is 1. The summed E-state index contributed by atoms with van der Waals surface area (Å²) in [5.41, 5.74) is 3.49. The van der Waals surface area contributed by atoms with Crippen LogP contribution in [-0.2, 0) is 6.61 Å². The van der Waals surface area contributed by atoms with Crippen molar-refractivity contribution in [1.82, 2.24) is 0 Å². The van der Waals surface area contributed by atoms with Gasteiger partial charge >= 0.3 is 0 Å². The van der Waals surface area contributed by atoms with E-state index in [4.69, 9.17) is 9.47 Å². The van der Waals surface area contributed by atoms with Crippen molar-refractivity contribution < 1.29 is 14.3 Å². The van der Waals surface area contributed by atoms with E-state index >= 15 is 0 Å². The molecule has 0 spiro atoms. The fourth-order valence-corrected chi connectivity index (χ4v) is 2.94. The van der Waals surface area contributed by atoms with Gasteiger partial charge in [-0.1, -0.05) is 51.8 Å². The largest absolute Gasteiger partial charge is 0.493 e. The summed E-state index contributed by atoms with van der Waals surface area (Å²) in [5.74, 6) is 0.901. The van der Waals surface area contributed by atoms with Gasteiger partial charge in [-0.3, -0.25) is 4.79 Å². The molecule has 0 bridgehead atoms. The van der Waals surface area contributed by atoms with Crippen molar-refractivity contribution in [2.45, 2.75) is 13.5 Å². The van der Waals surface area contributed by atoms with Gasteiger partial charge in [-0.15, -0.1) is 0 Å². The van der Waals surface area contributed by atoms with Crippen molar-refractivity contribution >= 4 is 27.5 Å². The number of halogens is 1. The molecule has 0 saturated carbocycles. The van der Waals surface area contributed by atoms with Gasteiger partial charge in [0.1, 0.15) is 6.61 Å². The average molecular weight is 426 g/mol. The van der Waals surface area contributed by atoms with Crippen LogP contribution < -0.4 is 14.8 Å². The Kier molecular flexibility index (Phi) is 6.14. The Labute approximate surface area is 167 Å². The number of benzene rings is 3. The highest BCUT2D eigenvalue weighted by Crippen LogP contribution is 2.29. The Morgan fingerprint density at radius 2 is 1.78 bits per heavy atom. The predicted octanol–water partition coefficient (Wildman–Crippen LogP) is 5.60. The number of hydrogen-bond acceptors (Lipinski definition) is 3. The molecular formula is C22H20BrNO3. The van der Waals surface area contributed by atoms with Crippen LogP contribution in [0.5, 0.6) is 11.5 Å². The zero-order valence-electron chi connectivity index (χ0n) is 15.2. The minimum atomic E-state index is -0.212. The third-order valence-electron chi connectivity index (χ3n) is 4.02. The molecule has 3 rings (SSSR count). The molecule has 0 saturated heterocycles. The molecule has 3 aromatic carbocycles. The maximum Gasteiger partial charge on any atom is 0.255 e. The van der Waals surface area contributed by atoms with Crippen molar-refractivity contribution in [3.8, 4) is 11.5 Å². The summed E-state index contributed by atoms with van der Waals surface area (Å²) in [6, 6.07) is 20.7. The van der Waals surface area contributed by atoms with Crippen molar-refractivity contribution in [1.29, 1.82) is 0 Å². The molecule has 27 heavy (non-hydrogen) atoms. The molecular weight excluding hydrogens is 406 g/mol. The topological polar surface area (TPSA) is 47.6 Å². The second-order valence-electron chi connectivity index (χ2n) is 6.10. The van der Waals surface area contributed by atoms with E-state index < -0.39 is 0 Å². The van der Waals surface area contributed by atoms with Crippen LogP contribution in [0.4, 0.5) is 5.69 Å². The zero-order chi connectivity index (χ0) is 19.2. The standard InChI is InChI=1S/C22H20BrNO3/c1-15-6-8-16(9-7-15)14-27-20-11-10-17(12-21(20)26-2)22(25)24-19-5-3-4-18(23)13-19/h3-13H,14H2,1-2H3,(H,24,25). The quantitative estimate of drug-likeness (QED) is 0.559. The summed E-state index contributed by atoms with van der Waals surface area (Å²) in [4.78, 5) is 12.5. The van der Waals surface area contributed by atoms with E-state index in [1.807, 2.05) is 55.5 Å². The lowest BCUT2D eigenvalue weighted by molar-refractivity contribution is 0.102. The molecule has 1 amide bonds. The monoisotopic (exact) mass is 425 g/mol. The molecule has 138 valence electrons. The van der Waals surface area contributed by atoms with Gasteiger partial charge in [-0.25, -0.2) is 0 Å². The number of methoxy groups -OCH3 is 1. The van der Waals surface area contributed by atoms with Gasteiger partial charge in [-0.05, 0) is 48.9 Å². The molecule has 0 unspecified atom stereocenters. The average Bonchev–Trinajstić information content (AvgIpc) is 2.67. The minimum Gasteiger partial charge on any atom is -0.493 e. The molecule has 0 aliphatic heterocycles. The molecule has 0 fully saturated rings. The summed E-state index contributed by atoms with van der Waals surface area (Å²) in [5, 5.41) is 2.87. The maximum absolute atomic E-state index is 12.5. The van der Waals surface area contributed by atoms with Gasteiger partial charge in [-0.2, -0.15) is 0 Å². The first-order valence-electron chi connectivity index (χ1n) is 8.48. The van der Waals surface area contributed by atoms with Crippen LogP contribution in [0.2, 0.25) is 0 Å². The molecule has 1 N–H and O–H groups in total. The molecule has 0 atom stereocenters. The zero-order valence-corrected chi connectivity index (χ0v) is 16.7. The van der Waals surface area contributed by atoms with E-state index in [-0.39, 0.29) is 5.91 Å². The fourth-order valence-electron chi connectivity index (χ4n) is 2.54. The maximum atomic E-state index is 12.5. The first kappa shape index (κ1) is 19.0. The van der Waals surface area contributed by atoms with E-state index in [0.29, 0.717) is 29.4 Å².